The van der Waals surface area contributed by atoms with E-state index < -0.39 is 6.67 Å². The Morgan fingerprint density at radius 2 is 1.90 bits per heavy atom. The van der Waals surface area contributed by atoms with Crippen LogP contribution in [0.3, 0.4) is 0 Å². The van der Waals surface area contributed by atoms with Crippen molar-refractivity contribution < 1.29 is 8.78 Å². The minimum absolute atomic E-state index is 0.211. The summed E-state index contributed by atoms with van der Waals surface area (Å²) in [6.45, 7) is 3.08. The van der Waals surface area contributed by atoms with E-state index in [0.29, 0.717) is 18.2 Å². The van der Waals surface area contributed by atoms with Gasteiger partial charge in [0.05, 0.1) is 12.4 Å². The molecule has 0 N–H and O–H groups in total. The van der Waals surface area contributed by atoms with E-state index >= 15 is 0 Å². The first-order chi connectivity index (χ1) is 9.52. The zero-order valence-electron chi connectivity index (χ0n) is 12.6. The molecule has 2 nitrogen and oxygen atoms in total. The van der Waals surface area contributed by atoms with Crippen molar-refractivity contribution in [1.29, 1.82) is 0 Å². The van der Waals surface area contributed by atoms with E-state index in [-0.39, 0.29) is 5.82 Å². The van der Waals surface area contributed by atoms with Crippen molar-refractivity contribution in [3.63, 3.8) is 0 Å². The van der Waals surface area contributed by atoms with Gasteiger partial charge in [-0.2, -0.15) is 0 Å². The molecule has 4 heteroatoms. The zero-order valence-corrected chi connectivity index (χ0v) is 12.6. The lowest BCUT2D eigenvalue weighted by Crippen LogP contribution is -2.42. The smallest absolute Gasteiger partial charge is 0.147 e. The van der Waals surface area contributed by atoms with Crippen LogP contribution in [0.5, 0.6) is 0 Å². The molecular formula is C16H24F2N2. The van der Waals surface area contributed by atoms with E-state index in [1.54, 1.807) is 6.07 Å². The van der Waals surface area contributed by atoms with E-state index in [2.05, 4.69) is 23.9 Å². The van der Waals surface area contributed by atoms with Gasteiger partial charge in [0, 0.05) is 25.6 Å². The predicted molar refractivity (Wildman–Crippen MR) is 79.7 cm³/mol. The maximum absolute atomic E-state index is 14.3. The van der Waals surface area contributed by atoms with Crippen LogP contribution in [-0.2, 0) is 6.42 Å². The Labute approximate surface area is 120 Å². The van der Waals surface area contributed by atoms with Crippen molar-refractivity contribution in [1.82, 2.24) is 4.90 Å². The van der Waals surface area contributed by atoms with Gasteiger partial charge in [0.15, 0.2) is 0 Å². The highest BCUT2D eigenvalue weighted by molar-refractivity contribution is 5.56. The first-order valence-electron chi connectivity index (χ1n) is 7.29. The Balaban J connectivity index is 2.20. The van der Waals surface area contributed by atoms with Gasteiger partial charge in [0.2, 0.25) is 0 Å². The summed E-state index contributed by atoms with van der Waals surface area (Å²) in [5.74, 6) is -0.211. The Kier molecular flexibility index (Phi) is 4.97. The SMILES string of the molecule is Cc1cc(F)c(N2CCC(N(C)C)CC2)c(CCF)c1. The molecule has 1 aliphatic rings. The topological polar surface area (TPSA) is 6.48 Å². The maximum Gasteiger partial charge on any atom is 0.147 e. The highest BCUT2D eigenvalue weighted by Crippen LogP contribution is 2.30. The molecule has 0 unspecified atom stereocenters. The third-order valence-corrected chi connectivity index (χ3v) is 4.16. The molecule has 2 rings (SSSR count). The first-order valence-corrected chi connectivity index (χ1v) is 7.29. The highest BCUT2D eigenvalue weighted by atomic mass is 19.1. The number of rotatable bonds is 4. The van der Waals surface area contributed by atoms with Gasteiger partial charge >= 0.3 is 0 Å². The molecule has 0 bridgehead atoms. The van der Waals surface area contributed by atoms with Crippen LogP contribution in [-0.4, -0.2) is 44.8 Å². The molecule has 0 atom stereocenters. The van der Waals surface area contributed by atoms with Crippen molar-refractivity contribution in [2.45, 2.75) is 32.2 Å². The number of hydrogen-bond donors (Lipinski definition) is 0. The van der Waals surface area contributed by atoms with Crippen LogP contribution in [0.2, 0.25) is 0 Å². The number of anilines is 1. The Morgan fingerprint density at radius 3 is 2.45 bits per heavy atom. The molecule has 1 fully saturated rings. The molecular weight excluding hydrogens is 258 g/mol. The molecule has 20 heavy (non-hydrogen) atoms. The van der Waals surface area contributed by atoms with E-state index in [1.807, 2.05) is 13.0 Å². The van der Waals surface area contributed by atoms with Gasteiger partial charge < -0.3 is 9.80 Å². The van der Waals surface area contributed by atoms with Gasteiger partial charge in [-0.05, 0) is 51.1 Å². The van der Waals surface area contributed by atoms with Crippen molar-refractivity contribution in [3.05, 3.63) is 29.1 Å². The van der Waals surface area contributed by atoms with Crippen LogP contribution >= 0.6 is 0 Å². The van der Waals surface area contributed by atoms with Crippen LogP contribution in [0.4, 0.5) is 14.5 Å². The number of aryl methyl sites for hydroxylation is 2. The van der Waals surface area contributed by atoms with Gasteiger partial charge in [-0.25, -0.2) is 4.39 Å². The second-order valence-corrected chi connectivity index (χ2v) is 5.88. The predicted octanol–water partition coefficient (Wildman–Crippen LogP) is 3.18. The lowest BCUT2D eigenvalue weighted by molar-refractivity contribution is 0.249. The van der Waals surface area contributed by atoms with Crippen LogP contribution in [0, 0.1) is 12.7 Å². The van der Waals surface area contributed by atoms with Gasteiger partial charge in [0.1, 0.15) is 5.82 Å². The van der Waals surface area contributed by atoms with E-state index in [9.17, 15) is 8.78 Å². The molecule has 0 aliphatic carbocycles. The molecule has 0 spiro atoms. The summed E-state index contributed by atoms with van der Waals surface area (Å²) in [7, 11) is 4.17. The lowest BCUT2D eigenvalue weighted by Gasteiger charge is -2.37. The summed E-state index contributed by atoms with van der Waals surface area (Å²) in [6.07, 6.45) is 2.34. The highest BCUT2D eigenvalue weighted by Gasteiger charge is 2.24. The normalized spacial score (nSPS) is 17.0. The summed E-state index contributed by atoms with van der Waals surface area (Å²) >= 11 is 0. The minimum Gasteiger partial charge on any atom is -0.369 e. The number of nitrogens with zero attached hydrogens (tertiary/aromatic N) is 2. The molecule has 0 saturated carbocycles. The third kappa shape index (κ3) is 3.29. The Hall–Kier alpha value is -1.16. The molecule has 1 heterocycles. The Bertz CT molecular complexity index is 452. The van der Waals surface area contributed by atoms with Gasteiger partial charge in [0.25, 0.3) is 0 Å². The van der Waals surface area contributed by atoms with Crippen molar-refractivity contribution in [2.75, 3.05) is 38.8 Å². The molecule has 1 aromatic carbocycles. The summed E-state index contributed by atoms with van der Waals surface area (Å²) < 4.78 is 27.0. The lowest BCUT2D eigenvalue weighted by atomic mass is 10.00. The minimum atomic E-state index is -0.440. The van der Waals surface area contributed by atoms with Gasteiger partial charge in [-0.3, -0.25) is 4.39 Å². The maximum atomic E-state index is 14.3. The zero-order chi connectivity index (χ0) is 14.7. The van der Waals surface area contributed by atoms with Crippen LogP contribution in [0.1, 0.15) is 24.0 Å². The molecule has 0 aromatic heterocycles. The van der Waals surface area contributed by atoms with E-state index in [1.165, 1.54) is 0 Å². The molecule has 0 amide bonds. The molecule has 0 radical (unpaired) electrons. The second-order valence-electron chi connectivity index (χ2n) is 5.88. The van der Waals surface area contributed by atoms with Crippen LogP contribution in [0.15, 0.2) is 12.1 Å². The van der Waals surface area contributed by atoms with E-state index in [0.717, 1.165) is 37.1 Å². The van der Waals surface area contributed by atoms with Crippen LogP contribution in [0.25, 0.3) is 0 Å². The second kappa shape index (κ2) is 6.53. The van der Waals surface area contributed by atoms with Crippen LogP contribution < -0.4 is 4.90 Å². The first kappa shape index (κ1) is 15.2. The van der Waals surface area contributed by atoms with Crippen molar-refractivity contribution >= 4 is 5.69 Å². The molecule has 112 valence electrons. The Morgan fingerprint density at radius 1 is 1.25 bits per heavy atom. The number of piperidine rings is 1. The van der Waals surface area contributed by atoms with Gasteiger partial charge in [-0.1, -0.05) is 6.07 Å². The van der Waals surface area contributed by atoms with Crippen molar-refractivity contribution in [2.24, 2.45) is 0 Å². The summed E-state index contributed by atoms with van der Waals surface area (Å²) in [4.78, 5) is 4.31. The summed E-state index contributed by atoms with van der Waals surface area (Å²) in [5, 5.41) is 0. The molecule has 1 saturated heterocycles. The fraction of sp³-hybridized carbons (Fsp3) is 0.625. The quantitative estimate of drug-likeness (QED) is 0.837. The van der Waals surface area contributed by atoms with Crippen molar-refractivity contribution in [3.8, 4) is 0 Å². The number of hydrogen-bond acceptors (Lipinski definition) is 2. The summed E-state index contributed by atoms with van der Waals surface area (Å²) in [5.41, 5.74) is 2.27. The average Bonchev–Trinajstić information content (AvgIpc) is 2.38. The summed E-state index contributed by atoms with van der Waals surface area (Å²) in [6, 6.07) is 4.02. The fourth-order valence-electron chi connectivity index (χ4n) is 3.06. The molecule has 1 aliphatic heterocycles. The van der Waals surface area contributed by atoms with Gasteiger partial charge in [-0.15, -0.1) is 0 Å². The standard InChI is InChI=1S/C16H24F2N2/c1-12-10-13(4-7-17)16(15(18)11-12)20-8-5-14(6-9-20)19(2)3/h10-11,14H,4-9H2,1-3H3. The largest absolute Gasteiger partial charge is 0.369 e. The fourth-order valence-corrected chi connectivity index (χ4v) is 3.06. The van der Waals surface area contributed by atoms with E-state index in [4.69, 9.17) is 0 Å². The monoisotopic (exact) mass is 282 g/mol. The third-order valence-electron chi connectivity index (χ3n) is 4.16. The number of benzene rings is 1. The number of alkyl halides is 1. The molecule has 1 aromatic rings. The average molecular weight is 282 g/mol. The number of halogens is 2.